The van der Waals surface area contributed by atoms with Gasteiger partial charge >= 0.3 is 0 Å². The predicted molar refractivity (Wildman–Crippen MR) is 77.9 cm³/mol. The number of likely N-dealkylation sites (N-methyl/N-ethyl adjacent to an activating group) is 2. The third-order valence-corrected chi connectivity index (χ3v) is 3.39. The second-order valence-corrected chi connectivity index (χ2v) is 5.08. The largest absolute Gasteiger partial charge is 0.353 e. The fourth-order valence-electron chi connectivity index (χ4n) is 2.09. The molecule has 17 heavy (non-hydrogen) atoms. The van der Waals surface area contributed by atoms with Crippen LogP contribution in [0.25, 0.3) is 0 Å². The molecule has 0 N–H and O–H groups in total. The predicted octanol–water partition coefficient (Wildman–Crippen LogP) is 2.75. The van der Waals surface area contributed by atoms with Gasteiger partial charge in [0.15, 0.2) is 0 Å². The summed E-state index contributed by atoms with van der Waals surface area (Å²) in [4.78, 5) is 9.10. The maximum Gasteiger partial charge on any atom is 0.132 e. The molecule has 0 bridgehead atoms. The molecule has 0 saturated carbocycles. The lowest BCUT2D eigenvalue weighted by molar-refractivity contribution is 0.372. The van der Waals surface area contributed by atoms with Crippen molar-refractivity contribution in [2.75, 3.05) is 32.1 Å². The molecule has 1 atom stereocenters. The number of anilines is 1. The van der Waals surface area contributed by atoms with Gasteiger partial charge in [-0.3, -0.25) is 0 Å². The van der Waals surface area contributed by atoms with Gasteiger partial charge in [-0.25, -0.2) is 4.98 Å². The van der Waals surface area contributed by atoms with Crippen molar-refractivity contribution < 1.29 is 0 Å². The van der Waals surface area contributed by atoms with Crippen LogP contribution in [0.1, 0.15) is 19.4 Å². The zero-order valence-corrected chi connectivity index (χ0v) is 12.7. The second kappa shape index (κ2) is 6.97. The minimum atomic E-state index is 0.461. The van der Waals surface area contributed by atoms with Gasteiger partial charge in [0.2, 0.25) is 0 Å². The summed E-state index contributed by atoms with van der Waals surface area (Å²) in [6, 6.07) is 4.58. The average Bonchev–Trinajstić information content (AvgIpc) is 2.29. The number of nitrogens with zero attached hydrogens (tertiary/aromatic N) is 3. The van der Waals surface area contributed by atoms with Crippen molar-refractivity contribution >= 4 is 21.7 Å². The first-order valence-corrected chi connectivity index (χ1v) is 7.13. The van der Waals surface area contributed by atoms with Crippen LogP contribution in [0.15, 0.2) is 18.3 Å². The summed E-state index contributed by atoms with van der Waals surface area (Å²) in [6.07, 6.45) is 1.87. The van der Waals surface area contributed by atoms with E-state index in [9.17, 15) is 0 Å². The van der Waals surface area contributed by atoms with Gasteiger partial charge in [0.1, 0.15) is 5.82 Å². The van der Waals surface area contributed by atoms with E-state index in [0.717, 1.165) is 24.2 Å². The molecule has 0 fully saturated rings. The number of aromatic nitrogens is 1. The molecule has 0 radical (unpaired) electrons. The van der Waals surface area contributed by atoms with E-state index in [-0.39, 0.29) is 0 Å². The Morgan fingerprint density at radius 1 is 1.41 bits per heavy atom. The van der Waals surface area contributed by atoms with Crippen molar-refractivity contribution in [2.24, 2.45) is 0 Å². The summed E-state index contributed by atoms with van der Waals surface area (Å²) in [5.41, 5.74) is 1.25. The maximum absolute atomic E-state index is 4.53. The summed E-state index contributed by atoms with van der Waals surface area (Å²) in [5, 5.41) is 0.849. The van der Waals surface area contributed by atoms with Gasteiger partial charge in [-0.05, 0) is 34.0 Å². The lowest BCUT2D eigenvalue weighted by Crippen LogP contribution is -2.41. The molecule has 0 aliphatic heterocycles. The third-order valence-electron chi connectivity index (χ3n) is 2.79. The van der Waals surface area contributed by atoms with E-state index in [2.05, 4.69) is 64.7 Å². The highest BCUT2D eigenvalue weighted by molar-refractivity contribution is 9.08. The van der Waals surface area contributed by atoms with Crippen LogP contribution < -0.4 is 4.90 Å². The zero-order valence-electron chi connectivity index (χ0n) is 11.2. The highest BCUT2D eigenvalue weighted by Gasteiger charge is 2.17. The molecule has 4 heteroatoms. The quantitative estimate of drug-likeness (QED) is 0.753. The molecular formula is C13H22BrN3. The first-order chi connectivity index (χ1) is 8.10. The number of pyridine rings is 1. The third kappa shape index (κ3) is 3.96. The van der Waals surface area contributed by atoms with Crippen LogP contribution in [0.2, 0.25) is 0 Å². The fourth-order valence-corrected chi connectivity index (χ4v) is 2.53. The van der Waals surface area contributed by atoms with E-state index in [0.29, 0.717) is 6.04 Å². The van der Waals surface area contributed by atoms with Crippen molar-refractivity contribution in [3.8, 4) is 0 Å². The maximum atomic E-state index is 4.53. The highest BCUT2D eigenvalue weighted by atomic mass is 79.9. The van der Waals surface area contributed by atoms with E-state index in [1.807, 2.05) is 12.3 Å². The van der Waals surface area contributed by atoms with Crippen LogP contribution in [0, 0.1) is 0 Å². The molecule has 0 aliphatic rings. The molecule has 1 aromatic heterocycles. The van der Waals surface area contributed by atoms with Gasteiger partial charge in [0, 0.05) is 36.2 Å². The second-order valence-electron chi connectivity index (χ2n) is 4.52. The Morgan fingerprint density at radius 3 is 2.65 bits per heavy atom. The average molecular weight is 300 g/mol. The first-order valence-electron chi connectivity index (χ1n) is 6.01. The highest BCUT2D eigenvalue weighted by Crippen LogP contribution is 2.21. The molecule has 0 amide bonds. The van der Waals surface area contributed by atoms with Gasteiger partial charge in [-0.15, -0.1) is 0 Å². The van der Waals surface area contributed by atoms with Crippen LogP contribution in [0.5, 0.6) is 0 Å². The van der Waals surface area contributed by atoms with Crippen LogP contribution in [0.3, 0.4) is 0 Å². The molecular weight excluding hydrogens is 278 g/mol. The smallest absolute Gasteiger partial charge is 0.132 e. The van der Waals surface area contributed by atoms with Crippen LogP contribution in [-0.2, 0) is 5.33 Å². The number of halogens is 1. The molecule has 96 valence electrons. The van der Waals surface area contributed by atoms with E-state index in [4.69, 9.17) is 0 Å². The summed E-state index contributed by atoms with van der Waals surface area (Å²) in [5.74, 6) is 1.10. The van der Waals surface area contributed by atoms with E-state index < -0.39 is 0 Å². The van der Waals surface area contributed by atoms with Gasteiger partial charge in [-0.2, -0.15) is 0 Å². The Kier molecular flexibility index (Phi) is 5.92. The fraction of sp³-hybridized carbons (Fsp3) is 0.615. The van der Waals surface area contributed by atoms with Crippen molar-refractivity contribution in [3.63, 3.8) is 0 Å². The Bertz CT molecular complexity index is 341. The van der Waals surface area contributed by atoms with Crippen molar-refractivity contribution in [1.29, 1.82) is 0 Å². The minimum Gasteiger partial charge on any atom is -0.353 e. The topological polar surface area (TPSA) is 19.4 Å². The molecule has 1 unspecified atom stereocenters. The molecule has 3 nitrogen and oxygen atoms in total. The van der Waals surface area contributed by atoms with E-state index in [1.165, 1.54) is 5.56 Å². The molecule has 0 spiro atoms. The monoisotopic (exact) mass is 299 g/mol. The van der Waals surface area contributed by atoms with Crippen LogP contribution in [-0.4, -0.2) is 43.1 Å². The van der Waals surface area contributed by atoms with Gasteiger partial charge < -0.3 is 9.80 Å². The molecule has 1 rings (SSSR count). The molecule has 1 heterocycles. The normalized spacial score (nSPS) is 12.8. The first kappa shape index (κ1) is 14.5. The zero-order chi connectivity index (χ0) is 12.8. The number of hydrogen-bond donors (Lipinski definition) is 0. The van der Waals surface area contributed by atoms with Crippen molar-refractivity contribution in [3.05, 3.63) is 23.9 Å². The summed E-state index contributed by atoms with van der Waals surface area (Å²) in [6.45, 7) is 6.44. The van der Waals surface area contributed by atoms with Crippen LogP contribution in [0.4, 0.5) is 5.82 Å². The lowest BCUT2D eigenvalue weighted by atomic mass is 10.2. The summed E-state index contributed by atoms with van der Waals surface area (Å²) >= 11 is 3.53. The van der Waals surface area contributed by atoms with Gasteiger partial charge in [-0.1, -0.05) is 22.0 Å². The molecule has 0 aliphatic carbocycles. The number of rotatable bonds is 6. The van der Waals surface area contributed by atoms with E-state index in [1.54, 1.807) is 0 Å². The Morgan fingerprint density at radius 2 is 2.12 bits per heavy atom. The molecule has 0 aromatic carbocycles. The van der Waals surface area contributed by atoms with Crippen molar-refractivity contribution in [2.45, 2.75) is 25.2 Å². The molecule has 0 saturated heterocycles. The lowest BCUT2D eigenvalue weighted by Gasteiger charge is -2.32. The Balaban J connectivity index is 2.92. The van der Waals surface area contributed by atoms with Crippen LogP contribution >= 0.6 is 15.9 Å². The number of hydrogen-bond acceptors (Lipinski definition) is 3. The van der Waals surface area contributed by atoms with E-state index >= 15 is 0 Å². The molecule has 1 aromatic rings. The van der Waals surface area contributed by atoms with Gasteiger partial charge in [0.05, 0.1) is 0 Å². The summed E-state index contributed by atoms with van der Waals surface area (Å²) in [7, 11) is 4.21. The SMILES string of the molecule is CCN(c1ncccc1CBr)C(C)CN(C)C. The Labute approximate surface area is 113 Å². The van der Waals surface area contributed by atoms with Gasteiger partial charge in [0.25, 0.3) is 0 Å². The van der Waals surface area contributed by atoms with Crippen molar-refractivity contribution in [1.82, 2.24) is 9.88 Å². The Hall–Kier alpha value is -0.610. The standard InChI is InChI=1S/C13H22BrN3/c1-5-17(11(2)10-16(3)4)13-12(9-14)7-6-8-15-13/h6-8,11H,5,9-10H2,1-4H3. The minimum absolute atomic E-state index is 0.461. The summed E-state index contributed by atoms with van der Waals surface area (Å²) < 4.78 is 0. The number of alkyl halides is 1.